The van der Waals surface area contributed by atoms with Crippen LogP contribution >= 0.6 is 11.8 Å². The Morgan fingerprint density at radius 2 is 2.04 bits per heavy atom. The second kappa shape index (κ2) is 7.46. The highest BCUT2D eigenvalue weighted by molar-refractivity contribution is 7.98. The molecule has 0 unspecified atom stereocenters. The molecule has 142 valence electrons. The molecule has 1 saturated carbocycles. The third-order valence-corrected chi connectivity index (χ3v) is 6.60. The van der Waals surface area contributed by atoms with Crippen LogP contribution in [0.1, 0.15) is 50.9 Å². The van der Waals surface area contributed by atoms with Crippen molar-refractivity contribution in [2.45, 2.75) is 57.0 Å². The zero-order valence-corrected chi connectivity index (χ0v) is 16.7. The number of aryl methyl sites for hydroxylation is 1. The first-order valence-electron chi connectivity index (χ1n) is 9.47. The van der Waals surface area contributed by atoms with Gasteiger partial charge in [0.1, 0.15) is 0 Å². The molecule has 27 heavy (non-hydrogen) atoms. The van der Waals surface area contributed by atoms with Gasteiger partial charge in [-0.3, -0.25) is 9.36 Å². The van der Waals surface area contributed by atoms with Gasteiger partial charge in [0.2, 0.25) is 11.8 Å². The summed E-state index contributed by atoms with van der Waals surface area (Å²) in [5.41, 5.74) is 0.787. The van der Waals surface area contributed by atoms with Crippen molar-refractivity contribution in [3.05, 3.63) is 46.4 Å². The first-order valence-corrected chi connectivity index (χ1v) is 10.5. The predicted octanol–water partition coefficient (Wildman–Crippen LogP) is 4.38. The van der Waals surface area contributed by atoms with Crippen LogP contribution in [0.5, 0.6) is 0 Å². The van der Waals surface area contributed by atoms with Gasteiger partial charge in [-0.15, -0.1) is 10.2 Å². The fourth-order valence-electron chi connectivity index (χ4n) is 3.96. The highest BCUT2D eigenvalue weighted by atomic mass is 32.2. The zero-order valence-electron chi connectivity index (χ0n) is 15.9. The molecule has 2 heterocycles. The fourth-order valence-corrected chi connectivity index (χ4v) is 4.85. The molecule has 0 saturated heterocycles. The number of hydrogen-bond donors (Lipinski definition) is 0. The Kier molecular flexibility index (Phi) is 5.04. The monoisotopic (exact) mass is 384 g/mol. The molecular formula is C20H24N4O2S. The van der Waals surface area contributed by atoms with Crippen LogP contribution in [0.15, 0.2) is 38.6 Å². The highest BCUT2D eigenvalue weighted by Gasteiger charge is 2.31. The van der Waals surface area contributed by atoms with Crippen molar-refractivity contribution in [2.24, 2.45) is 11.8 Å². The van der Waals surface area contributed by atoms with Crippen molar-refractivity contribution in [3.8, 4) is 0 Å². The first-order chi connectivity index (χ1) is 13.0. The number of aromatic nitrogens is 4. The van der Waals surface area contributed by atoms with E-state index in [0.29, 0.717) is 34.8 Å². The Labute approximate surface area is 162 Å². The van der Waals surface area contributed by atoms with E-state index in [2.05, 4.69) is 24.0 Å². The molecule has 3 aromatic rings. The summed E-state index contributed by atoms with van der Waals surface area (Å²) in [5.74, 6) is 2.63. The first kappa shape index (κ1) is 18.2. The molecule has 0 N–H and O–H groups in total. The maximum absolute atomic E-state index is 13.4. The van der Waals surface area contributed by atoms with E-state index < -0.39 is 0 Å². The van der Waals surface area contributed by atoms with E-state index in [0.717, 1.165) is 23.5 Å². The van der Waals surface area contributed by atoms with Gasteiger partial charge in [0.15, 0.2) is 5.16 Å². The van der Waals surface area contributed by atoms with Gasteiger partial charge in [-0.2, -0.15) is 0 Å². The highest BCUT2D eigenvalue weighted by Crippen LogP contribution is 2.39. The van der Waals surface area contributed by atoms with Gasteiger partial charge in [0.25, 0.3) is 5.56 Å². The molecule has 0 amide bonds. The SMILES string of the molecule is Cc1nnc(CSc2nc3ccccc3c(=O)n2[C@H]2CCC[C@@H](C)[C@@H]2C)o1. The second-order valence-corrected chi connectivity index (χ2v) is 8.37. The minimum absolute atomic E-state index is 0.0516. The second-order valence-electron chi connectivity index (χ2n) is 7.42. The topological polar surface area (TPSA) is 73.8 Å². The molecule has 1 aliphatic rings. The van der Waals surface area contributed by atoms with Gasteiger partial charge in [0.05, 0.1) is 16.7 Å². The lowest BCUT2D eigenvalue weighted by molar-refractivity contribution is 0.173. The maximum atomic E-state index is 13.4. The van der Waals surface area contributed by atoms with E-state index in [-0.39, 0.29) is 11.6 Å². The Bertz CT molecular complexity index is 1010. The Morgan fingerprint density at radius 1 is 1.22 bits per heavy atom. The van der Waals surface area contributed by atoms with E-state index in [9.17, 15) is 4.79 Å². The molecule has 1 aromatic carbocycles. The number of fused-ring (bicyclic) bond motifs is 1. The van der Waals surface area contributed by atoms with Crippen LogP contribution in [0.2, 0.25) is 0 Å². The lowest BCUT2D eigenvalue weighted by Gasteiger charge is -2.36. The molecule has 2 aromatic heterocycles. The Balaban J connectivity index is 1.78. The molecule has 0 spiro atoms. The average molecular weight is 385 g/mol. The minimum atomic E-state index is 0.0516. The van der Waals surface area contributed by atoms with Gasteiger partial charge in [-0.25, -0.2) is 4.98 Å². The van der Waals surface area contributed by atoms with Crippen LogP contribution in [0.3, 0.4) is 0 Å². The van der Waals surface area contributed by atoms with Crippen molar-refractivity contribution in [2.75, 3.05) is 0 Å². The van der Waals surface area contributed by atoms with E-state index in [1.165, 1.54) is 18.2 Å². The molecule has 4 rings (SSSR count). The van der Waals surface area contributed by atoms with E-state index >= 15 is 0 Å². The van der Waals surface area contributed by atoms with E-state index in [1.807, 2.05) is 28.8 Å². The standard InChI is InChI=1S/C20H24N4O2S/c1-12-7-6-10-17(13(12)2)24-19(25)15-8-4-5-9-16(15)21-20(24)27-11-18-23-22-14(3)26-18/h4-5,8-9,12-13,17H,6-7,10-11H2,1-3H3/t12-,13+,17+/m1/s1. The molecule has 0 bridgehead atoms. The van der Waals surface area contributed by atoms with E-state index in [4.69, 9.17) is 9.40 Å². The summed E-state index contributed by atoms with van der Waals surface area (Å²) in [6.07, 6.45) is 3.37. The summed E-state index contributed by atoms with van der Waals surface area (Å²) in [4.78, 5) is 18.2. The van der Waals surface area contributed by atoms with Crippen LogP contribution in [0.25, 0.3) is 10.9 Å². The van der Waals surface area contributed by atoms with Crippen molar-refractivity contribution in [1.29, 1.82) is 0 Å². The number of nitrogens with zero attached hydrogens (tertiary/aromatic N) is 4. The average Bonchev–Trinajstić information content (AvgIpc) is 3.08. The third kappa shape index (κ3) is 3.52. The molecule has 0 radical (unpaired) electrons. The lowest BCUT2D eigenvalue weighted by Crippen LogP contribution is -2.35. The van der Waals surface area contributed by atoms with Crippen LogP contribution in [0.4, 0.5) is 0 Å². The van der Waals surface area contributed by atoms with Crippen LogP contribution in [-0.2, 0) is 5.75 Å². The van der Waals surface area contributed by atoms with Crippen LogP contribution < -0.4 is 5.56 Å². The molecule has 3 atom stereocenters. The number of rotatable bonds is 4. The maximum Gasteiger partial charge on any atom is 0.262 e. The Morgan fingerprint density at radius 3 is 2.81 bits per heavy atom. The molecule has 0 aliphatic heterocycles. The van der Waals surface area contributed by atoms with Gasteiger partial charge in [-0.05, 0) is 30.4 Å². The van der Waals surface area contributed by atoms with Gasteiger partial charge in [-0.1, -0.05) is 50.6 Å². The number of thioether (sulfide) groups is 1. The van der Waals surface area contributed by atoms with Crippen LogP contribution in [-0.4, -0.2) is 19.7 Å². The zero-order chi connectivity index (χ0) is 19.0. The van der Waals surface area contributed by atoms with Crippen molar-refractivity contribution in [3.63, 3.8) is 0 Å². The summed E-state index contributed by atoms with van der Waals surface area (Å²) in [5, 5.41) is 9.36. The summed E-state index contributed by atoms with van der Waals surface area (Å²) in [6.45, 7) is 6.31. The third-order valence-electron chi connectivity index (χ3n) is 5.66. The molecule has 6 nitrogen and oxygen atoms in total. The minimum Gasteiger partial charge on any atom is -0.425 e. The summed E-state index contributed by atoms with van der Waals surface area (Å²) >= 11 is 1.49. The summed E-state index contributed by atoms with van der Waals surface area (Å²) in [7, 11) is 0. The lowest BCUT2D eigenvalue weighted by atomic mass is 9.78. The summed E-state index contributed by atoms with van der Waals surface area (Å²) in [6, 6.07) is 7.75. The molecule has 1 fully saturated rings. The van der Waals surface area contributed by atoms with Gasteiger partial charge >= 0.3 is 0 Å². The quantitative estimate of drug-likeness (QED) is 0.491. The van der Waals surface area contributed by atoms with Crippen molar-refractivity contribution < 1.29 is 4.42 Å². The predicted molar refractivity (Wildman–Crippen MR) is 106 cm³/mol. The van der Waals surface area contributed by atoms with Crippen molar-refractivity contribution in [1.82, 2.24) is 19.7 Å². The van der Waals surface area contributed by atoms with Crippen LogP contribution in [0, 0.1) is 18.8 Å². The fraction of sp³-hybridized carbons (Fsp3) is 0.500. The molecule has 1 aliphatic carbocycles. The summed E-state index contributed by atoms with van der Waals surface area (Å²) < 4.78 is 7.42. The van der Waals surface area contributed by atoms with E-state index in [1.54, 1.807) is 6.92 Å². The number of hydrogen-bond acceptors (Lipinski definition) is 6. The Hall–Kier alpha value is -2.15. The van der Waals surface area contributed by atoms with Crippen molar-refractivity contribution >= 4 is 22.7 Å². The number of para-hydroxylation sites is 1. The number of benzene rings is 1. The molecule has 7 heteroatoms. The largest absolute Gasteiger partial charge is 0.425 e. The smallest absolute Gasteiger partial charge is 0.262 e. The molecular weight excluding hydrogens is 360 g/mol. The normalized spacial score (nSPS) is 23.0. The van der Waals surface area contributed by atoms with Gasteiger partial charge < -0.3 is 4.42 Å². The van der Waals surface area contributed by atoms with Gasteiger partial charge in [0, 0.05) is 13.0 Å².